The van der Waals surface area contributed by atoms with Crippen LogP contribution in [-0.4, -0.2) is 64.8 Å². The average molecular weight is 359 g/mol. The summed E-state index contributed by atoms with van der Waals surface area (Å²) in [5, 5.41) is 5.93. The van der Waals surface area contributed by atoms with E-state index in [9.17, 15) is 4.79 Å². The first-order chi connectivity index (χ1) is 11.3. The molecule has 8 heteroatoms. The van der Waals surface area contributed by atoms with Crippen LogP contribution in [0.5, 0.6) is 0 Å². The lowest BCUT2D eigenvalue weighted by Gasteiger charge is -2.06. The zero-order valence-electron chi connectivity index (χ0n) is 14.2. The highest BCUT2D eigenvalue weighted by atomic mass is 33.1. The third kappa shape index (κ3) is 19.6. The highest BCUT2D eigenvalue weighted by Crippen LogP contribution is 2.20. The maximum absolute atomic E-state index is 11.6. The Labute approximate surface area is 149 Å². The first kappa shape index (κ1) is 22.7. The Morgan fingerprint density at radius 1 is 1.17 bits per heavy atom. The molecule has 0 aliphatic heterocycles. The predicted molar refractivity (Wildman–Crippen MR) is 102 cm³/mol. The molecule has 0 bridgehead atoms. The number of amides is 1. The molecule has 0 fully saturated rings. The Balaban J connectivity index is 3.18. The van der Waals surface area contributed by atoms with E-state index in [0.717, 1.165) is 25.1 Å². The second kappa shape index (κ2) is 19.7. The van der Waals surface area contributed by atoms with Crippen molar-refractivity contribution >= 4 is 34.8 Å². The lowest BCUT2D eigenvalue weighted by molar-refractivity contribution is -0.121. The van der Waals surface area contributed by atoms with Gasteiger partial charge < -0.3 is 20.1 Å². The van der Waals surface area contributed by atoms with Crippen molar-refractivity contribution < 1.29 is 14.3 Å². The van der Waals surface area contributed by atoms with Crippen molar-refractivity contribution in [1.29, 1.82) is 0 Å². The fourth-order valence-corrected chi connectivity index (χ4v) is 3.11. The summed E-state index contributed by atoms with van der Waals surface area (Å²) in [7, 11) is 7.26. The highest BCUT2D eigenvalue weighted by Gasteiger charge is 2.00. The lowest BCUT2D eigenvalue weighted by Crippen LogP contribution is -2.27. The molecular weight excluding hydrogens is 331 g/mol. The highest BCUT2D eigenvalue weighted by molar-refractivity contribution is 8.76. The zero-order chi connectivity index (χ0) is 17.0. The number of hydrogen-bond donors (Lipinski definition) is 2. The number of carbonyl (C=O) groups excluding carboxylic acids is 1. The molecule has 1 amide bonds. The van der Waals surface area contributed by atoms with Crippen molar-refractivity contribution in [2.75, 3.05) is 51.6 Å². The number of rotatable bonds is 15. The van der Waals surface area contributed by atoms with Crippen molar-refractivity contribution in [2.45, 2.75) is 26.1 Å². The van der Waals surface area contributed by atoms with E-state index < -0.39 is 0 Å². The molecule has 0 spiro atoms. The van der Waals surface area contributed by atoms with E-state index in [1.165, 1.54) is 0 Å². The molecule has 0 aliphatic carbocycles. The van der Waals surface area contributed by atoms with Crippen LogP contribution in [0.4, 0.5) is 0 Å². The normalized spacial score (nSPS) is 10.0. The molecule has 0 aromatic heterocycles. The number of nitrogens with one attached hydrogen (secondary N) is 2. The van der Waals surface area contributed by atoms with Gasteiger partial charge in [-0.2, -0.15) is 5.82 Å². The Bertz CT molecular complexity index is 338. The van der Waals surface area contributed by atoms with Crippen LogP contribution in [-0.2, 0) is 14.3 Å². The van der Waals surface area contributed by atoms with E-state index in [0.29, 0.717) is 38.7 Å². The van der Waals surface area contributed by atoms with E-state index in [1.807, 2.05) is 13.9 Å². The van der Waals surface area contributed by atoms with Gasteiger partial charge in [-0.15, -0.1) is 0 Å². The van der Waals surface area contributed by atoms with E-state index in [4.69, 9.17) is 9.47 Å². The van der Waals surface area contributed by atoms with Crippen molar-refractivity contribution in [2.24, 2.45) is 0 Å². The van der Waals surface area contributed by atoms with Crippen molar-refractivity contribution in [3.63, 3.8) is 0 Å². The van der Waals surface area contributed by atoms with Gasteiger partial charge in [-0.1, -0.05) is 34.3 Å². The summed E-state index contributed by atoms with van der Waals surface area (Å²) >= 11 is 0. The third-order valence-electron chi connectivity index (χ3n) is 2.58. The Hall–Kier alpha value is -0.325. The molecule has 0 aromatic carbocycles. The average Bonchev–Trinajstić information content (AvgIpc) is 2.55. The molecule has 0 aliphatic rings. The van der Waals surface area contributed by atoms with Gasteiger partial charge in [0.05, 0.1) is 6.61 Å². The number of carbonyl (C=O) groups is 1. The fourth-order valence-electron chi connectivity index (χ4n) is 1.44. The molecule has 0 unspecified atom stereocenters. The maximum atomic E-state index is 11.6. The molecule has 131 valence electrons. The van der Waals surface area contributed by atoms with Gasteiger partial charge in [0.15, 0.2) is 0 Å². The van der Waals surface area contributed by atoms with Gasteiger partial charge in [0.25, 0.3) is 0 Å². The third-order valence-corrected chi connectivity index (χ3v) is 4.67. The maximum Gasteiger partial charge on any atom is 0.220 e. The molecule has 0 atom stereocenters. The Morgan fingerprint density at radius 2 is 2.04 bits per heavy atom. The summed E-state index contributed by atoms with van der Waals surface area (Å²) in [6.07, 6.45) is 2.30. The standard InChI is InChI=1S/C15H28BN2O3S2/c1-16-7-5-11-20-12-8-18-15(19)6-3-4-10-21-14-23-22-13-9-17-2/h17H,3-4,6,8-14H2,1-2H3,(H,18,19). The topological polar surface area (TPSA) is 59.6 Å². The van der Waals surface area contributed by atoms with Gasteiger partial charge in [-0.05, 0) is 19.9 Å². The van der Waals surface area contributed by atoms with Gasteiger partial charge >= 0.3 is 0 Å². The largest absolute Gasteiger partial charge is 0.370 e. The van der Waals surface area contributed by atoms with Crippen LogP contribution in [0.25, 0.3) is 0 Å². The van der Waals surface area contributed by atoms with Crippen LogP contribution >= 0.6 is 21.6 Å². The predicted octanol–water partition coefficient (Wildman–Crippen LogP) is 1.58. The minimum Gasteiger partial charge on any atom is -0.370 e. The minimum atomic E-state index is 0.0681. The van der Waals surface area contributed by atoms with Crippen LogP contribution in [0.3, 0.4) is 0 Å². The Kier molecular flexibility index (Phi) is 19.4. The second-order valence-electron chi connectivity index (χ2n) is 4.54. The smallest absolute Gasteiger partial charge is 0.220 e. The number of hydrogen-bond acceptors (Lipinski definition) is 6. The van der Waals surface area contributed by atoms with Crippen LogP contribution < -0.4 is 10.6 Å². The van der Waals surface area contributed by atoms with Crippen molar-refractivity contribution in [3.8, 4) is 11.7 Å². The molecular formula is C15H28BN2O3S2. The minimum absolute atomic E-state index is 0.0681. The molecule has 23 heavy (non-hydrogen) atoms. The van der Waals surface area contributed by atoms with Gasteiger partial charge in [0, 0.05) is 31.9 Å². The van der Waals surface area contributed by atoms with Crippen LogP contribution in [0, 0.1) is 11.7 Å². The van der Waals surface area contributed by atoms with Gasteiger partial charge in [-0.3, -0.25) is 4.79 Å². The molecule has 0 rings (SSSR count). The van der Waals surface area contributed by atoms with E-state index in [2.05, 4.69) is 22.4 Å². The summed E-state index contributed by atoms with van der Waals surface area (Å²) in [5.41, 5.74) is 0. The van der Waals surface area contributed by atoms with Gasteiger partial charge in [0.1, 0.15) is 12.5 Å². The molecule has 5 nitrogen and oxygen atoms in total. The summed E-state index contributed by atoms with van der Waals surface area (Å²) < 4.78 is 10.8. The molecule has 0 saturated heterocycles. The quantitative estimate of drug-likeness (QED) is 0.152. The first-order valence-corrected chi connectivity index (χ1v) is 10.4. The number of unbranched alkanes of at least 4 members (excludes halogenated alkanes) is 1. The molecule has 1 radical (unpaired) electrons. The molecule has 0 heterocycles. The van der Waals surface area contributed by atoms with Crippen LogP contribution in [0.15, 0.2) is 0 Å². The second-order valence-corrected chi connectivity index (χ2v) is 7.07. The summed E-state index contributed by atoms with van der Waals surface area (Å²) in [5.74, 6) is 7.49. The van der Waals surface area contributed by atoms with Crippen molar-refractivity contribution in [1.82, 2.24) is 10.6 Å². The van der Waals surface area contributed by atoms with E-state index in [1.54, 1.807) is 28.9 Å². The summed E-state index contributed by atoms with van der Waals surface area (Å²) in [6.45, 7) is 5.04. The summed E-state index contributed by atoms with van der Waals surface area (Å²) in [6, 6.07) is 0. The summed E-state index contributed by atoms with van der Waals surface area (Å²) in [4.78, 5) is 11.6. The number of ether oxygens (including phenoxy) is 2. The van der Waals surface area contributed by atoms with E-state index >= 15 is 0 Å². The van der Waals surface area contributed by atoms with Crippen molar-refractivity contribution in [3.05, 3.63) is 0 Å². The fraction of sp³-hybridized carbons (Fsp3) is 0.800. The van der Waals surface area contributed by atoms with Gasteiger partial charge in [0.2, 0.25) is 13.2 Å². The Morgan fingerprint density at radius 3 is 2.83 bits per heavy atom. The first-order valence-electron chi connectivity index (χ1n) is 7.88. The van der Waals surface area contributed by atoms with Crippen LogP contribution in [0.1, 0.15) is 19.3 Å². The zero-order valence-corrected chi connectivity index (χ0v) is 15.8. The van der Waals surface area contributed by atoms with E-state index in [-0.39, 0.29) is 5.91 Å². The van der Waals surface area contributed by atoms with Gasteiger partial charge in [-0.25, -0.2) is 0 Å². The SMILES string of the molecule is C[B]C#CCOCCNC(=O)CCCCOCSSCCNC. The molecule has 2 N–H and O–H groups in total. The molecule has 0 saturated carbocycles. The monoisotopic (exact) mass is 359 g/mol. The lowest BCUT2D eigenvalue weighted by atomic mass is 9.84. The molecule has 0 aromatic rings. The van der Waals surface area contributed by atoms with Crippen LogP contribution in [0.2, 0.25) is 6.82 Å².